The molecule has 0 aliphatic rings. The van der Waals surface area contributed by atoms with E-state index < -0.39 is 11.9 Å². The standard InChI is InChI=1S/C13H10BrClN2O3S/c1-6-2-3-7(5-9(18)19)8(4-6)16-12(20)10-11(15)21-13(14)17-10/h2-4H,5H2,1H3,(H,16,20)(H,18,19). The first-order valence-corrected chi connectivity index (χ1v) is 7.80. The zero-order valence-electron chi connectivity index (χ0n) is 10.8. The maximum Gasteiger partial charge on any atom is 0.307 e. The van der Waals surface area contributed by atoms with E-state index in [9.17, 15) is 9.59 Å². The Morgan fingerprint density at radius 2 is 2.19 bits per heavy atom. The summed E-state index contributed by atoms with van der Waals surface area (Å²) in [6.45, 7) is 1.85. The second kappa shape index (κ2) is 6.55. The number of rotatable bonds is 4. The highest BCUT2D eigenvalue weighted by Gasteiger charge is 2.18. The van der Waals surface area contributed by atoms with E-state index >= 15 is 0 Å². The van der Waals surface area contributed by atoms with Gasteiger partial charge in [0, 0.05) is 5.69 Å². The number of halogens is 2. The summed E-state index contributed by atoms with van der Waals surface area (Å²) in [6.07, 6.45) is -0.176. The van der Waals surface area contributed by atoms with Gasteiger partial charge in [-0.15, -0.1) is 0 Å². The lowest BCUT2D eigenvalue weighted by atomic mass is 10.1. The van der Waals surface area contributed by atoms with Crippen molar-refractivity contribution in [1.82, 2.24) is 4.98 Å². The van der Waals surface area contributed by atoms with Crippen LogP contribution in [0, 0.1) is 6.92 Å². The summed E-state index contributed by atoms with van der Waals surface area (Å²) in [4.78, 5) is 27.0. The first-order valence-electron chi connectivity index (χ1n) is 5.81. The van der Waals surface area contributed by atoms with Crippen LogP contribution in [-0.4, -0.2) is 22.0 Å². The van der Waals surface area contributed by atoms with Crippen molar-refractivity contribution in [2.75, 3.05) is 5.32 Å². The molecule has 0 unspecified atom stereocenters. The van der Waals surface area contributed by atoms with Crippen molar-refractivity contribution >= 4 is 56.4 Å². The van der Waals surface area contributed by atoms with E-state index in [4.69, 9.17) is 16.7 Å². The van der Waals surface area contributed by atoms with E-state index in [2.05, 4.69) is 26.2 Å². The molecule has 110 valence electrons. The maximum absolute atomic E-state index is 12.2. The maximum atomic E-state index is 12.2. The van der Waals surface area contributed by atoms with Crippen molar-refractivity contribution in [2.45, 2.75) is 13.3 Å². The minimum atomic E-state index is -0.969. The van der Waals surface area contributed by atoms with Crippen LogP contribution in [0.5, 0.6) is 0 Å². The molecule has 2 aromatic rings. The van der Waals surface area contributed by atoms with Gasteiger partial charge in [0.2, 0.25) is 0 Å². The fourth-order valence-corrected chi connectivity index (χ4v) is 3.53. The Labute approximate surface area is 138 Å². The monoisotopic (exact) mass is 388 g/mol. The molecule has 0 saturated carbocycles. The normalized spacial score (nSPS) is 10.4. The van der Waals surface area contributed by atoms with Crippen molar-refractivity contribution in [3.63, 3.8) is 0 Å². The number of carboxylic acid groups (broad SMARTS) is 1. The average molecular weight is 390 g/mol. The summed E-state index contributed by atoms with van der Waals surface area (Å²) in [5.74, 6) is -1.44. The number of anilines is 1. The third-order valence-electron chi connectivity index (χ3n) is 2.63. The van der Waals surface area contributed by atoms with E-state index in [1.165, 1.54) is 0 Å². The molecule has 0 atom stereocenters. The summed E-state index contributed by atoms with van der Waals surface area (Å²) in [5.41, 5.74) is 1.98. The molecule has 0 fully saturated rings. The number of nitrogens with zero attached hydrogens (tertiary/aromatic N) is 1. The van der Waals surface area contributed by atoms with Crippen molar-refractivity contribution in [3.8, 4) is 0 Å². The van der Waals surface area contributed by atoms with Crippen molar-refractivity contribution < 1.29 is 14.7 Å². The summed E-state index contributed by atoms with van der Waals surface area (Å²) in [7, 11) is 0. The fraction of sp³-hybridized carbons (Fsp3) is 0.154. The largest absolute Gasteiger partial charge is 0.481 e. The second-order valence-corrected chi connectivity index (χ2v) is 7.15. The van der Waals surface area contributed by atoms with E-state index in [1.807, 2.05) is 6.92 Å². The Balaban J connectivity index is 2.30. The lowest BCUT2D eigenvalue weighted by Gasteiger charge is -2.10. The molecule has 5 nitrogen and oxygen atoms in total. The predicted molar refractivity (Wildman–Crippen MR) is 85.3 cm³/mol. The van der Waals surface area contributed by atoms with Gasteiger partial charge in [0.15, 0.2) is 9.61 Å². The van der Waals surface area contributed by atoms with Crippen molar-refractivity contribution in [3.05, 3.63) is 43.3 Å². The number of carbonyl (C=O) groups excluding carboxylic acids is 1. The van der Waals surface area contributed by atoms with E-state index in [0.717, 1.165) is 16.9 Å². The van der Waals surface area contributed by atoms with Crippen molar-refractivity contribution in [2.24, 2.45) is 0 Å². The van der Waals surface area contributed by atoms with Gasteiger partial charge in [-0.05, 0) is 40.0 Å². The number of aromatic nitrogens is 1. The topological polar surface area (TPSA) is 79.3 Å². The van der Waals surface area contributed by atoms with E-state index in [1.54, 1.807) is 18.2 Å². The Morgan fingerprint density at radius 1 is 1.48 bits per heavy atom. The lowest BCUT2D eigenvalue weighted by Crippen LogP contribution is -2.15. The van der Waals surface area contributed by atoms with Gasteiger partial charge in [-0.1, -0.05) is 35.1 Å². The zero-order chi connectivity index (χ0) is 15.6. The smallest absolute Gasteiger partial charge is 0.307 e. The van der Waals surface area contributed by atoms with Crippen LogP contribution in [0.25, 0.3) is 0 Å². The van der Waals surface area contributed by atoms with Gasteiger partial charge in [0.05, 0.1) is 6.42 Å². The highest BCUT2D eigenvalue weighted by Crippen LogP contribution is 2.29. The fourth-order valence-electron chi connectivity index (χ4n) is 1.72. The Hall–Kier alpha value is -1.44. The Bertz CT molecular complexity index is 717. The minimum absolute atomic E-state index is 0.108. The summed E-state index contributed by atoms with van der Waals surface area (Å²) in [5, 5.41) is 11.6. The lowest BCUT2D eigenvalue weighted by molar-refractivity contribution is -0.136. The van der Waals surface area contributed by atoms with Gasteiger partial charge in [-0.25, -0.2) is 4.98 Å². The van der Waals surface area contributed by atoms with Gasteiger partial charge in [0.25, 0.3) is 5.91 Å². The molecular weight excluding hydrogens is 380 g/mol. The SMILES string of the molecule is Cc1ccc(CC(=O)O)c(NC(=O)c2nc(Br)sc2Cl)c1. The Morgan fingerprint density at radius 3 is 2.76 bits per heavy atom. The van der Waals surface area contributed by atoms with Crippen LogP contribution < -0.4 is 5.32 Å². The van der Waals surface area contributed by atoms with Gasteiger partial charge in [-0.2, -0.15) is 0 Å². The molecule has 2 rings (SSSR count). The van der Waals surface area contributed by atoms with Crippen LogP contribution in [0.15, 0.2) is 22.1 Å². The summed E-state index contributed by atoms with van der Waals surface area (Å²) >= 11 is 10.2. The van der Waals surface area contributed by atoms with Crippen LogP contribution in [0.4, 0.5) is 5.69 Å². The molecular formula is C13H10BrClN2O3S. The second-order valence-electron chi connectivity index (χ2n) is 4.27. The molecule has 0 radical (unpaired) electrons. The molecule has 1 heterocycles. The number of aryl methyl sites for hydroxylation is 1. The van der Waals surface area contributed by atoms with Crippen LogP contribution in [0.2, 0.25) is 4.34 Å². The van der Waals surface area contributed by atoms with Gasteiger partial charge < -0.3 is 10.4 Å². The van der Waals surface area contributed by atoms with Crippen LogP contribution in [-0.2, 0) is 11.2 Å². The molecule has 0 saturated heterocycles. The van der Waals surface area contributed by atoms with Crippen LogP contribution in [0.1, 0.15) is 21.6 Å². The third kappa shape index (κ3) is 4.03. The van der Waals surface area contributed by atoms with Gasteiger partial charge in [0.1, 0.15) is 4.34 Å². The highest BCUT2D eigenvalue weighted by atomic mass is 79.9. The molecule has 21 heavy (non-hydrogen) atoms. The van der Waals surface area contributed by atoms with Crippen LogP contribution in [0.3, 0.4) is 0 Å². The molecule has 0 aliphatic heterocycles. The number of carboxylic acids is 1. The summed E-state index contributed by atoms with van der Waals surface area (Å²) in [6, 6.07) is 5.18. The van der Waals surface area contributed by atoms with Gasteiger partial charge in [-0.3, -0.25) is 9.59 Å². The number of carbonyl (C=O) groups is 2. The number of hydrogen-bond acceptors (Lipinski definition) is 4. The highest BCUT2D eigenvalue weighted by molar-refractivity contribution is 9.11. The Kier molecular flexibility index (Phi) is 4.97. The van der Waals surface area contributed by atoms with E-state index in [-0.39, 0.29) is 16.5 Å². The number of amides is 1. The first-order chi connectivity index (χ1) is 9.86. The number of hydrogen-bond donors (Lipinski definition) is 2. The molecule has 0 bridgehead atoms. The number of aliphatic carboxylic acids is 1. The molecule has 0 aliphatic carbocycles. The number of nitrogens with one attached hydrogen (secondary N) is 1. The predicted octanol–water partition coefficient (Wildman–Crippen LogP) is 3.75. The molecule has 8 heteroatoms. The number of benzene rings is 1. The molecule has 2 N–H and O–H groups in total. The van der Waals surface area contributed by atoms with Crippen LogP contribution >= 0.6 is 38.9 Å². The quantitative estimate of drug-likeness (QED) is 0.835. The molecule has 1 aromatic carbocycles. The first kappa shape index (κ1) is 15.9. The molecule has 1 amide bonds. The summed E-state index contributed by atoms with van der Waals surface area (Å²) < 4.78 is 0.777. The number of thiazole rings is 1. The van der Waals surface area contributed by atoms with Gasteiger partial charge >= 0.3 is 5.97 Å². The molecule has 0 spiro atoms. The van der Waals surface area contributed by atoms with E-state index in [0.29, 0.717) is 15.2 Å². The minimum Gasteiger partial charge on any atom is -0.481 e. The third-order valence-corrected chi connectivity index (χ3v) is 4.34. The molecule has 1 aromatic heterocycles. The van der Waals surface area contributed by atoms with Crippen molar-refractivity contribution in [1.29, 1.82) is 0 Å². The average Bonchev–Trinajstić information content (AvgIpc) is 2.71. The zero-order valence-corrected chi connectivity index (χ0v) is 14.0.